The van der Waals surface area contributed by atoms with Crippen LogP contribution in [0.25, 0.3) is 5.65 Å². The zero-order valence-electron chi connectivity index (χ0n) is 17.1. The van der Waals surface area contributed by atoms with Crippen LogP contribution in [0.3, 0.4) is 0 Å². The van der Waals surface area contributed by atoms with Gasteiger partial charge in [-0.05, 0) is 37.3 Å². The van der Waals surface area contributed by atoms with Gasteiger partial charge in [0.15, 0.2) is 12.3 Å². The molecule has 2 aromatic carbocycles. The Hall–Kier alpha value is -4.40. The van der Waals surface area contributed by atoms with Gasteiger partial charge in [-0.2, -0.15) is 0 Å². The molecule has 0 saturated carbocycles. The van der Waals surface area contributed by atoms with E-state index in [0.717, 1.165) is 4.57 Å². The Morgan fingerprint density at radius 3 is 2.69 bits per heavy atom. The number of para-hydroxylation sites is 1. The Morgan fingerprint density at radius 2 is 1.88 bits per heavy atom. The summed E-state index contributed by atoms with van der Waals surface area (Å²) in [5.74, 6) is 0.133. The van der Waals surface area contributed by atoms with E-state index in [1.165, 1.54) is 12.1 Å². The molecule has 0 aliphatic carbocycles. The molecule has 0 saturated heterocycles. The second-order valence-corrected chi connectivity index (χ2v) is 6.89. The molecule has 0 fully saturated rings. The van der Waals surface area contributed by atoms with E-state index in [2.05, 4.69) is 10.3 Å². The molecular formula is C23H19N3O6. The number of fused-ring (bicyclic) bond motifs is 1. The maximum Gasteiger partial charge on any atom is 0.338 e. The van der Waals surface area contributed by atoms with E-state index in [9.17, 15) is 14.4 Å². The van der Waals surface area contributed by atoms with Gasteiger partial charge in [0.1, 0.15) is 18.1 Å². The van der Waals surface area contributed by atoms with Gasteiger partial charge in [0, 0.05) is 17.8 Å². The summed E-state index contributed by atoms with van der Waals surface area (Å²) in [5.41, 5.74) is 0.892. The van der Waals surface area contributed by atoms with E-state index in [0.29, 0.717) is 28.5 Å². The summed E-state index contributed by atoms with van der Waals surface area (Å²) in [6.07, 6.45) is 0. The van der Waals surface area contributed by atoms with Crippen LogP contribution in [0, 0.1) is 6.92 Å². The number of benzene rings is 2. The summed E-state index contributed by atoms with van der Waals surface area (Å²) < 4.78 is 17.0. The lowest BCUT2D eigenvalue weighted by atomic mass is 10.2. The first-order valence-corrected chi connectivity index (χ1v) is 9.72. The highest BCUT2D eigenvalue weighted by Crippen LogP contribution is 2.14. The van der Waals surface area contributed by atoms with Gasteiger partial charge in [-0.15, -0.1) is 4.57 Å². The molecule has 0 bridgehead atoms. The Labute approximate surface area is 182 Å². The highest BCUT2D eigenvalue weighted by atomic mass is 16.5. The molecule has 0 spiro atoms. The number of nitrogens with one attached hydrogen (secondary N) is 1. The number of ether oxygens (including phenoxy) is 2. The van der Waals surface area contributed by atoms with Crippen molar-refractivity contribution < 1.29 is 23.6 Å². The molecule has 2 heterocycles. The summed E-state index contributed by atoms with van der Waals surface area (Å²) in [6.45, 7) is 1.35. The van der Waals surface area contributed by atoms with Crippen molar-refractivity contribution in [2.45, 2.75) is 13.5 Å². The standard InChI is InChI=1S/C23H19N3O6/c1-15-10-20-24-18(12-22(28)26(20)32-15)13-31-23(29)16-6-5-7-17(11-16)25-21(27)14-30-19-8-3-2-4-9-19/h2-12H,13-14H2,1H3,(H,25,27). The maximum absolute atomic E-state index is 12.4. The monoisotopic (exact) mass is 433 g/mol. The highest BCUT2D eigenvalue weighted by Gasteiger charge is 2.12. The van der Waals surface area contributed by atoms with Crippen molar-refractivity contribution in [1.82, 2.24) is 9.56 Å². The number of anilines is 1. The molecule has 0 aliphatic rings. The normalized spacial score (nSPS) is 10.7. The van der Waals surface area contributed by atoms with Crippen LogP contribution < -0.4 is 15.6 Å². The molecule has 0 aliphatic heterocycles. The summed E-state index contributed by atoms with van der Waals surface area (Å²) in [6, 6.07) is 18.1. The van der Waals surface area contributed by atoms with E-state index >= 15 is 0 Å². The molecule has 9 heteroatoms. The van der Waals surface area contributed by atoms with Gasteiger partial charge in [-0.1, -0.05) is 24.3 Å². The fraction of sp³-hybridized carbons (Fsp3) is 0.130. The lowest BCUT2D eigenvalue weighted by molar-refractivity contribution is -0.118. The molecule has 162 valence electrons. The second kappa shape index (κ2) is 9.17. The van der Waals surface area contributed by atoms with E-state index in [-0.39, 0.29) is 24.7 Å². The van der Waals surface area contributed by atoms with Crippen molar-refractivity contribution in [2.75, 3.05) is 11.9 Å². The summed E-state index contributed by atoms with van der Waals surface area (Å²) in [4.78, 5) is 40.9. The van der Waals surface area contributed by atoms with E-state index < -0.39 is 11.5 Å². The number of carbonyl (C=O) groups excluding carboxylic acids is 2. The number of hydrogen-bond donors (Lipinski definition) is 1. The van der Waals surface area contributed by atoms with Crippen LogP contribution in [-0.2, 0) is 16.1 Å². The molecule has 4 aromatic rings. The van der Waals surface area contributed by atoms with Crippen molar-refractivity contribution in [3.05, 3.63) is 94.1 Å². The predicted molar refractivity (Wildman–Crippen MR) is 115 cm³/mol. The van der Waals surface area contributed by atoms with Crippen LogP contribution in [0.4, 0.5) is 5.69 Å². The van der Waals surface area contributed by atoms with Crippen molar-refractivity contribution in [1.29, 1.82) is 0 Å². The van der Waals surface area contributed by atoms with E-state index in [1.54, 1.807) is 43.3 Å². The van der Waals surface area contributed by atoms with Crippen molar-refractivity contribution in [3.63, 3.8) is 0 Å². The Kier molecular flexibility index (Phi) is 5.98. The van der Waals surface area contributed by atoms with Crippen molar-refractivity contribution in [3.8, 4) is 5.75 Å². The number of aromatic nitrogens is 2. The Balaban J connectivity index is 1.35. The summed E-state index contributed by atoms with van der Waals surface area (Å²) >= 11 is 0. The number of carbonyl (C=O) groups is 2. The van der Waals surface area contributed by atoms with Crippen LogP contribution in [0.15, 0.2) is 76.0 Å². The Morgan fingerprint density at radius 1 is 1.06 bits per heavy atom. The molecule has 0 radical (unpaired) electrons. The van der Waals surface area contributed by atoms with E-state index in [4.69, 9.17) is 14.0 Å². The highest BCUT2D eigenvalue weighted by molar-refractivity contribution is 5.95. The molecule has 2 aromatic heterocycles. The third-order valence-corrected chi connectivity index (χ3v) is 4.37. The van der Waals surface area contributed by atoms with Crippen LogP contribution in [0.5, 0.6) is 5.75 Å². The fourth-order valence-corrected chi connectivity index (χ4v) is 2.96. The van der Waals surface area contributed by atoms with Gasteiger partial charge in [0.25, 0.3) is 11.5 Å². The molecule has 0 atom stereocenters. The largest absolute Gasteiger partial charge is 0.484 e. The minimum absolute atomic E-state index is 0.171. The molecule has 9 nitrogen and oxygen atoms in total. The number of esters is 1. The van der Waals surface area contributed by atoms with Crippen molar-refractivity contribution >= 4 is 23.2 Å². The van der Waals surface area contributed by atoms with Gasteiger partial charge < -0.3 is 19.3 Å². The van der Waals surface area contributed by atoms with E-state index in [1.807, 2.05) is 18.2 Å². The summed E-state index contributed by atoms with van der Waals surface area (Å²) in [7, 11) is 0. The van der Waals surface area contributed by atoms with Gasteiger partial charge in [0.05, 0.1) is 11.3 Å². The van der Waals surface area contributed by atoms with Crippen LogP contribution >= 0.6 is 0 Å². The van der Waals surface area contributed by atoms with Crippen LogP contribution in [0.2, 0.25) is 0 Å². The van der Waals surface area contributed by atoms with Crippen LogP contribution in [0.1, 0.15) is 21.8 Å². The molecule has 1 amide bonds. The topological polar surface area (TPSA) is 112 Å². The average molecular weight is 433 g/mol. The molecule has 1 N–H and O–H groups in total. The molecule has 0 unspecified atom stereocenters. The SMILES string of the molecule is Cc1cc2nc(COC(=O)c3cccc(NC(=O)COc4ccccc4)c3)cc(=O)n2o1. The quantitative estimate of drug-likeness (QED) is 0.446. The first kappa shape index (κ1) is 20.9. The number of rotatable bonds is 7. The zero-order chi connectivity index (χ0) is 22.5. The third-order valence-electron chi connectivity index (χ3n) is 4.37. The number of aryl methyl sites for hydroxylation is 1. The van der Waals surface area contributed by atoms with Gasteiger partial charge >= 0.3 is 5.97 Å². The first-order valence-electron chi connectivity index (χ1n) is 9.72. The first-order chi connectivity index (χ1) is 15.5. The van der Waals surface area contributed by atoms with Crippen LogP contribution in [-0.4, -0.2) is 28.0 Å². The second-order valence-electron chi connectivity index (χ2n) is 6.89. The minimum Gasteiger partial charge on any atom is -0.484 e. The lowest BCUT2D eigenvalue weighted by Gasteiger charge is -2.09. The molecule has 4 rings (SSSR count). The smallest absolute Gasteiger partial charge is 0.338 e. The predicted octanol–water partition coefficient (Wildman–Crippen LogP) is 2.97. The molecular weight excluding hydrogens is 414 g/mol. The summed E-state index contributed by atoms with van der Waals surface area (Å²) in [5, 5.41) is 2.67. The zero-order valence-corrected chi connectivity index (χ0v) is 17.1. The fourth-order valence-electron chi connectivity index (χ4n) is 2.96. The van der Waals surface area contributed by atoms with Gasteiger partial charge in [-0.3, -0.25) is 9.59 Å². The van der Waals surface area contributed by atoms with Gasteiger partial charge in [-0.25, -0.2) is 9.78 Å². The Bertz CT molecular complexity index is 1330. The van der Waals surface area contributed by atoms with Gasteiger partial charge in [0.2, 0.25) is 0 Å². The van der Waals surface area contributed by atoms with Crippen molar-refractivity contribution in [2.24, 2.45) is 0 Å². The molecule has 32 heavy (non-hydrogen) atoms. The minimum atomic E-state index is -0.619. The number of hydrogen-bond acceptors (Lipinski definition) is 7. The number of amides is 1. The number of nitrogens with zero attached hydrogens (tertiary/aromatic N) is 2. The third kappa shape index (κ3) is 5.01. The maximum atomic E-state index is 12.4. The lowest BCUT2D eigenvalue weighted by Crippen LogP contribution is -2.20. The average Bonchev–Trinajstić information content (AvgIpc) is 3.18.